The lowest BCUT2D eigenvalue weighted by molar-refractivity contribution is 0.00756. The van der Waals surface area contributed by atoms with Gasteiger partial charge in [-0.15, -0.1) is 0 Å². The summed E-state index contributed by atoms with van der Waals surface area (Å²) in [7, 11) is 3.89. The van der Waals surface area contributed by atoms with Crippen molar-refractivity contribution in [3.8, 4) is 11.4 Å². The van der Waals surface area contributed by atoms with Gasteiger partial charge in [0.05, 0.1) is 7.11 Å². The first kappa shape index (κ1) is 18.4. The fourth-order valence-electron chi connectivity index (χ4n) is 4.24. The first-order valence-electron chi connectivity index (χ1n) is 10.0. The van der Waals surface area contributed by atoms with Crippen molar-refractivity contribution in [3.05, 3.63) is 35.9 Å². The van der Waals surface area contributed by atoms with Crippen LogP contribution in [0.4, 0.5) is 0 Å². The van der Waals surface area contributed by atoms with Crippen molar-refractivity contribution in [2.24, 2.45) is 5.92 Å². The number of likely N-dealkylation sites (tertiary alicyclic amines) is 1. The third-order valence-corrected chi connectivity index (χ3v) is 5.97. The zero-order chi connectivity index (χ0) is 18.9. The molecule has 0 N–H and O–H groups in total. The molecule has 1 atom stereocenters. The zero-order valence-electron chi connectivity index (χ0n) is 16.6. The molecule has 27 heavy (non-hydrogen) atoms. The molecule has 2 aliphatic heterocycles. The lowest BCUT2D eigenvalue weighted by Crippen LogP contribution is -2.31. The van der Waals surface area contributed by atoms with E-state index in [1.54, 1.807) is 7.11 Å². The van der Waals surface area contributed by atoms with E-state index in [0.29, 0.717) is 5.92 Å². The van der Waals surface area contributed by atoms with E-state index in [1.165, 1.54) is 12.8 Å². The summed E-state index contributed by atoms with van der Waals surface area (Å²) in [5.74, 6) is 3.27. The highest BCUT2D eigenvalue weighted by Crippen LogP contribution is 2.37. The number of aromatic nitrogens is 3. The lowest BCUT2D eigenvalue weighted by Gasteiger charge is -2.28. The second-order valence-electron chi connectivity index (χ2n) is 8.07. The zero-order valence-corrected chi connectivity index (χ0v) is 16.6. The van der Waals surface area contributed by atoms with E-state index < -0.39 is 0 Å². The Morgan fingerprint density at radius 3 is 2.74 bits per heavy atom. The van der Waals surface area contributed by atoms with Crippen LogP contribution in [0.5, 0.6) is 5.75 Å². The number of methoxy groups -OCH3 is 1. The van der Waals surface area contributed by atoms with Crippen LogP contribution in [0.1, 0.15) is 44.3 Å². The Morgan fingerprint density at radius 2 is 2.04 bits per heavy atom. The van der Waals surface area contributed by atoms with Gasteiger partial charge in [-0.05, 0) is 70.8 Å². The predicted octanol–water partition coefficient (Wildman–Crippen LogP) is 3.19. The first-order chi connectivity index (χ1) is 13.1. The molecule has 2 saturated heterocycles. The predicted molar refractivity (Wildman–Crippen MR) is 104 cm³/mol. The van der Waals surface area contributed by atoms with Gasteiger partial charge in [-0.1, -0.05) is 12.1 Å². The highest BCUT2D eigenvalue weighted by molar-refractivity contribution is 5.46. The minimum absolute atomic E-state index is 0.390. The molecule has 1 aromatic carbocycles. The minimum Gasteiger partial charge on any atom is -0.494 e. The van der Waals surface area contributed by atoms with Gasteiger partial charge < -0.3 is 14.4 Å². The van der Waals surface area contributed by atoms with Gasteiger partial charge >= 0.3 is 0 Å². The van der Waals surface area contributed by atoms with Gasteiger partial charge in [-0.3, -0.25) is 0 Å². The van der Waals surface area contributed by atoms with Crippen molar-refractivity contribution >= 4 is 0 Å². The fraction of sp³-hybridized carbons (Fsp3) is 0.619. The van der Waals surface area contributed by atoms with Crippen LogP contribution in [-0.2, 0) is 16.8 Å². The van der Waals surface area contributed by atoms with Crippen LogP contribution in [0.3, 0.4) is 0 Å². The first-order valence-corrected chi connectivity index (χ1v) is 10.0. The van der Waals surface area contributed by atoms with Gasteiger partial charge in [0.1, 0.15) is 17.0 Å². The summed E-state index contributed by atoms with van der Waals surface area (Å²) in [4.78, 5) is 7.39. The highest BCUT2D eigenvalue weighted by Gasteiger charge is 2.38. The molecule has 2 aliphatic rings. The number of benzene rings is 1. The Hall–Kier alpha value is -1.92. The molecule has 0 saturated carbocycles. The van der Waals surface area contributed by atoms with E-state index in [-0.39, 0.29) is 5.60 Å². The molecule has 0 amide bonds. The average molecular weight is 370 g/mol. The molecule has 0 bridgehead atoms. The van der Waals surface area contributed by atoms with E-state index in [0.717, 1.165) is 62.0 Å². The minimum atomic E-state index is -0.390. The molecule has 6 heteroatoms. The third kappa shape index (κ3) is 3.73. The van der Waals surface area contributed by atoms with Gasteiger partial charge in [0.25, 0.3) is 0 Å². The van der Waals surface area contributed by atoms with E-state index in [2.05, 4.69) is 18.9 Å². The van der Waals surface area contributed by atoms with Crippen molar-refractivity contribution in [2.75, 3.05) is 33.9 Å². The molecule has 1 aromatic heterocycles. The van der Waals surface area contributed by atoms with E-state index in [9.17, 15) is 0 Å². The summed E-state index contributed by atoms with van der Waals surface area (Å²) in [5, 5.41) is 4.92. The van der Waals surface area contributed by atoms with Gasteiger partial charge in [0.15, 0.2) is 11.6 Å². The quantitative estimate of drug-likeness (QED) is 0.809. The van der Waals surface area contributed by atoms with Gasteiger partial charge in [-0.2, -0.15) is 5.10 Å². The molecule has 146 valence electrons. The van der Waals surface area contributed by atoms with Crippen LogP contribution in [0.2, 0.25) is 0 Å². The summed E-state index contributed by atoms with van der Waals surface area (Å²) in [6.07, 6.45) is 5.37. The number of piperidine rings is 1. The number of ether oxygens (including phenoxy) is 2. The second kappa shape index (κ2) is 7.60. The largest absolute Gasteiger partial charge is 0.494 e. The van der Waals surface area contributed by atoms with Gasteiger partial charge in [-0.25, -0.2) is 9.67 Å². The van der Waals surface area contributed by atoms with Crippen LogP contribution >= 0.6 is 0 Å². The highest BCUT2D eigenvalue weighted by atomic mass is 16.5. The maximum atomic E-state index is 6.11. The summed E-state index contributed by atoms with van der Waals surface area (Å²) >= 11 is 0. The topological polar surface area (TPSA) is 52.4 Å². The van der Waals surface area contributed by atoms with Gasteiger partial charge in [0.2, 0.25) is 0 Å². The van der Waals surface area contributed by atoms with Crippen LogP contribution in [0, 0.1) is 5.92 Å². The Bertz CT molecular complexity index is 774. The van der Waals surface area contributed by atoms with Crippen molar-refractivity contribution in [3.63, 3.8) is 0 Å². The summed E-state index contributed by atoms with van der Waals surface area (Å²) in [6, 6.07) is 7.99. The molecule has 0 aliphatic carbocycles. The summed E-state index contributed by atoms with van der Waals surface area (Å²) in [6.45, 7) is 5.23. The normalized spacial score (nSPS) is 24.4. The third-order valence-electron chi connectivity index (χ3n) is 5.97. The maximum absolute atomic E-state index is 6.11. The standard InChI is InChI=1S/C21H30N4O2/c1-21(11-6-14-27-21)20-22-19(15-16-9-12-24(2)13-10-16)23-25(20)17-7-4-5-8-18(17)26-3/h4-5,7-8,16H,6,9-15H2,1-3H3/t21-/m1/s1. The number of para-hydroxylation sites is 2. The van der Waals surface area contributed by atoms with Gasteiger partial charge in [0, 0.05) is 13.0 Å². The van der Waals surface area contributed by atoms with Crippen LogP contribution in [-0.4, -0.2) is 53.5 Å². The summed E-state index contributed by atoms with van der Waals surface area (Å²) < 4.78 is 13.6. The number of hydrogen-bond donors (Lipinski definition) is 0. The fourth-order valence-corrected chi connectivity index (χ4v) is 4.24. The number of hydrogen-bond acceptors (Lipinski definition) is 5. The Morgan fingerprint density at radius 1 is 1.26 bits per heavy atom. The molecule has 0 radical (unpaired) electrons. The number of rotatable bonds is 5. The maximum Gasteiger partial charge on any atom is 0.164 e. The van der Waals surface area contributed by atoms with E-state index in [1.807, 2.05) is 28.9 Å². The van der Waals surface area contributed by atoms with Crippen molar-refractivity contribution < 1.29 is 9.47 Å². The summed E-state index contributed by atoms with van der Waals surface area (Å²) in [5.41, 5.74) is 0.535. The number of nitrogens with zero attached hydrogens (tertiary/aromatic N) is 4. The molecule has 6 nitrogen and oxygen atoms in total. The SMILES string of the molecule is COc1ccccc1-n1nc(CC2CCN(C)CC2)nc1[C@@]1(C)CCCO1. The molecule has 0 unspecified atom stereocenters. The van der Waals surface area contributed by atoms with Crippen molar-refractivity contribution in [1.82, 2.24) is 19.7 Å². The molecular weight excluding hydrogens is 340 g/mol. The van der Waals surface area contributed by atoms with E-state index >= 15 is 0 Å². The smallest absolute Gasteiger partial charge is 0.164 e. The van der Waals surface area contributed by atoms with Crippen LogP contribution in [0.15, 0.2) is 24.3 Å². The molecule has 3 heterocycles. The Labute approximate surface area is 161 Å². The van der Waals surface area contributed by atoms with Crippen LogP contribution < -0.4 is 4.74 Å². The molecule has 2 aromatic rings. The Kier molecular flexibility index (Phi) is 5.19. The second-order valence-corrected chi connectivity index (χ2v) is 8.07. The average Bonchev–Trinajstić information content (AvgIpc) is 3.31. The lowest BCUT2D eigenvalue weighted by atomic mass is 9.93. The van der Waals surface area contributed by atoms with E-state index in [4.69, 9.17) is 19.6 Å². The van der Waals surface area contributed by atoms with Crippen LogP contribution in [0.25, 0.3) is 5.69 Å². The molecule has 2 fully saturated rings. The van der Waals surface area contributed by atoms with Crippen molar-refractivity contribution in [2.45, 2.75) is 44.6 Å². The molecule has 4 rings (SSSR count). The molecule has 0 spiro atoms. The Balaban J connectivity index is 1.69. The molecular formula is C21H30N4O2. The monoisotopic (exact) mass is 370 g/mol. The van der Waals surface area contributed by atoms with Crippen molar-refractivity contribution in [1.29, 1.82) is 0 Å².